The van der Waals surface area contributed by atoms with E-state index < -0.39 is 127 Å². The molecule has 0 bridgehead atoms. The summed E-state index contributed by atoms with van der Waals surface area (Å²) in [6, 6.07) is 2.04. The first-order valence-corrected chi connectivity index (χ1v) is 12.6. The van der Waals surface area contributed by atoms with E-state index >= 15 is 0 Å². The summed E-state index contributed by atoms with van der Waals surface area (Å²) in [6.07, 6.45) is 0. The Morgan fingerprint density at radius 1 is 0.438 bits per heavy atom. The molecule has 0 fully saturated rings. The van der Waals surface area contributed by atoms with Crippen molar-refractivity contribution >= 4 is 5.97 Å². The fourth-order valence-corrected chi connectivity index (χ4v) is 4.18. The van der Waals surface area contributed by atoms with Gasteiger partial charge < -0.3 is 19.3 Å². The van der Waals surface area contributed by atoms with Gasteiger partial charge in [-0.25, -0.2) is 57.5 Å². The second-order valence-electron chi connectivity index (χ2n) is 9.42. The summed E-state index contributed by atoms with van der Waals surface area (Å²) in [5, 5.41) is 10.0. The third kappa shape index (κ3) is 6.38. The monoisotopic (exact) mass is 690 g/mol. The van der Waals surface area contributed by atoms with Crippen LogP contribution in [0.25, 0.3) is 11.1 Å². The molecule has 0 radical (unpaired) electrons. The lowest BCUT2D eigenvalue weighted by Gasteiger charge is -2.22. The van der Waals surface area contributed by atoms with E-state index in [1.54, 1.807) is 0 Å². The van der Waals surface area contributed by atoms with Crippen LogP contribution in [0.2, 0.25) is 0 Å². The van der Waals surface area contributed by atoms with E-state index in [0.717, 1.165) is 0 Å². The first-order valence-electron chi connectivity index (χ1n) is 12.6. The number of carboxylic acid groups (broad SMARTS) is 1. The van der Waals surface area contributed by atoms with Gasteiger partial charge in [0.25, 0.3) is 0 Å². The van der Waals surface area contributed by atoms with E-state index in [9.17, 15) is 62.6 Å². The van der Waals surface area contributed by atoms with Crippen LogP contribution in [0.5, 0.6) is 34.5 Å². The van der Waals surface area contributed by atoms with Gasteiger partial charge in [0.2, 0.25) is 5.75 Å². The van der Waals surface area contributed by atoms with Crippen molar-refractivity contribution in [1.82, 2.24) is 0 Å². The van der Waals surface area contributed by atoms with E-state index in [1.807, 2.05) is 0 Å². The topological polar surface area (TPSA) is 65.0 Å². The summed E-state index contributed by atoms with van der Waals surface area (Å²) in [7, 11) is 0. The van der Waals surface area contributed by atoms with E-state index in [2.05, 4.69) is 0 Å². The predicted molar refractivity (Wildman–Crippen MR) is 138 cm³/mol. The minimum absolute atomic E-state index is 0.174. The maximum absolute atomic E-state index is 14.4. The molecule has 0 aliphatic rings. The van der Waals surface area contributed by atoms with Crippen LogP contribution < -0.4 is 14.2 Å². The van der Waals surface area contributed by atoms with Gasteiger partial charge in [-0.3, -0.25) is 0 Å². The van der Waals surface area contributed by atoms with Crippen molar-refractivity contribution in [3.8, 4) is 45.6 Å². The molecule has 0 saturated heterocycles. The van der Waals surface area contributed by atoms with E-state index in [-0.39, 0.29) is 48.5 Å². The highest BCUT2D eigenvalue weighted by atomic mass is 19.2. The van der Waals surface area contributed by atoms with Crippen LogP contribution in [0, 0.1) is 69.8 Å². The average molecular weight is 690 g/mol. The Morgan fingerprint density at radius 2 is 0.750 bits per heavy atom. The number of ether oxygens (including phenoxy) is 3. The van der Waals surface area contributed by atoms with Gasteiger partial charge in [0.05, 0.1) is 5.56 Å². The van der Waals surface area contributed by atoms with Gasteiger partial charge in [-0.1, -0.05) is 0 Å². The lowest BCUT2D eigenvalue weighted by Crippen LogP contribution is -2.07. The van der Waals surface area contributed by atoms with Crippen molar-refractivity contribution in [3.05, 3.63) is 130 Å². The van der Waals surface area contributed by atoms with Gasteiger partial charge in [-0.15, -0.1) is 0 Å². The fraction of sp³-hybridized carbons (Fsp3) is 0. The Bertz CT molecular complexity index is 2040. The number of benzene rings is 5. The normalized spacial score (nSPS) is 11.1. The number of halogens is 12. The second kappa shape index (κ2) is 12.7. The van der Waals surface area contributed by atoms with Gasteiger partial charge >= 0.3 is 5.97 Å². The Labute approximate surface area is 258 Å². The highest BCUT2D eigenvalue weighted by molar-refractivity contribution is 6.00. The number of carboxylic acids is 1. The van der Waals surface area contributed by atoms with Crippen LogP contribution >= 0.6 is 0 Å². The Kier molecular flexibility index (Phi) is 8.88. The molecule has 0 spiro atoms. The van der Waals surface area contributed by atoms with Crippen LogP contribution in [-0.2, 0) is 0 Å². The largest absolute Gasteiger partial charge is 0.478 e. The third-order valence-corrected chi connectivity index (χ3v) is 6.24. The molecule has 5 rings (SSSR count). The van der Waals surface area contributed by atoms with Crippen LogP contribution in [0.4, 0.5) is 52.7 Å². The molecular formula is C31H10F12O5. The first-order chi connectivity index (χ1) is 22.5. The summed E-state index contributed by atoms with van der Waals surface area (Å²) >= 11 is 0. The first kappa shape index (κ1) is 33.5. The maximum atomic E-state index is 14.4. The zero-order valence-corrected chi connectivity index (χ0v) is 22.8. The van der Waals surface area contributed by atoms with E-state index in [4.69, 9.17) is 14.2 Å². The summed E-state index contributed by atoms with van der Waals surface area (Å²) in [6.45, 7) is 0. The highest BCUT2D eigenvalue weighted by Crippen LogP contribution is 2.52. The third-order valence-electron chi connectivity index (χ3n) is 6.24. The molecule has 17 heteroatoms. The molecule has 0 saturated carbocycles. The molecule has 0 unspecified atom stereocenters. The smallest absolute Gasteiger partial charge is 0.336 e. The van der Waals surface area contributed by atoms with Crippen molar-refractivity contribution in [2.45, 2.75) is 0 Å². The van der Waals surface area contributed by atoms with Crippen LogP contribution in [-0.4, -0.2) is 11.1 Å². The molecule has 5 aromatic rings. The van der Waals surface area contributed by atoms with Gasteiger partial charge in [0.15, 0.2) is 81.3 Å². The molecular weight excluding hydrogens is 680 g/mol. The maximum Gasteiger partial charge on any atom is 0.336 e. The minimum atomic E-state index is -2.05. The van der Waals surface area contributed by atoms with Crippen molar-refractivity contribution in [1.29, 1.82) is 0 Å². The molecule has 0 amide bonds. The summed E-state index contributed by atoms with van der Waals surface area (Å²) in [5.41, 5.74) is -3.08. The van der Waals surface area contributed by atoms with E-state index in [0.29, 0.717) is 6.07 Å². The zero-order valence-electron chi connectivity index (χ0n) is 22.8. The molecule has 0 aromatic heterocycles. The molecule has 248 valence electrons. The number of hydrogen-bond acceptors (Lipinski definition) is 4. The number of carbonyl (C=O) groups is 1. The van der Waals surface area contributed by atoms with Crippen LogP contribution in [0.1, 0.15) is 10.4 Å². The lowest BCUT2D eigenvalue weighted by atomic mass is 9.96. The molecule has 5 aromatic carbocycles. The number of rotatable bonds is 8. The summed E-state index contributed by atoms with van der Waals surface area (Å²) < 4.78 is 184. The molecule has 5 nitrogen and oxygen atoms in total. The van der Waals surface area contributed by atoms with Gasteiger partial charge in [0.1, 0.15) is 17.2 Å². The Hall–Kier alpha value is -5.87. The second-order valence-corrected chi connectivity index (χ2v) is 9.42. The highest BCUT2D eigenvalue weighted by Gasteiger charge is 2.31. The summed E-state index contributed by atoms with van der Waals surface area (Å²) in [4.78, 5) is 12.4. The molecule has 0 heterocycles. The minimum Gasteiger partial charge on any atom is -0.478 e. The molecule has 0 atom stereocenters. The van der Waals surface area contributed by atoms with Crippen LogP contribution in [0.3, 0.4) is 0 Å². The number of aromatic carboxylic acids is 1. The Morgan fingerprint density at radius 3 is 1.10 bits per heavy atom. The molecule has 1 N–H and O–H groups in total. The molecule has 48 heavy (non-hydrogen) atoms. The van der Waals surface area contributed by atoms with Crippen molar-refractivity contribution in [2.75, 3.05) is 0 Å². The quantitative estimate of drug-likeness (QED) is 0.130. The SMILES string of the molecule is O=C(O)c1cc(Oc2cc(F)c(F)c(F)c2)c(Oc2cc(F)c(F)c(F)c2)c(Oc2cc(F)c(F)c(F)c2)c1-c1cc(F)c(F)c(F)c1. The molecule has 0 aliphatic carbocycles. The average Bonchev–Trinajstić information content (AvgIpc) is 3.00. The zero-order chi connectivity index (χ0) is 35.2. The standard InChI is InChI=1S/C31H10F12O5/c32-15-1-10(2-16(33)25(15)40)24-14(31(44)45)9-23(46-11-3-17(34)26(41)18(35)4-11)29(47-12-5-19(36)27(42)20(37)6-12)30(24)48-13-7-21(38)28(43)22(39)8-13/h1-9H,(H,44,45). The van der Waals surface area contributed by atoms with Gasteiger partial charge in [0, 0.05) is 48.0 Å². The fourth-order valence-electron chi connectivity index (χ4n) is 4.18. The summed E-state index contributed by atoms with van der Waals surface area (Å²) in [5.74, 6) is -31.7. The molecule has 0 aliphatic heterocycles. The van der Waals surface area contributed by atoms with Crippen LogP contribution in [0.15, 0.2) is 54.6 Å². The van der Waals surface area contributed by atoms with Crippen molar-refractivity contribution in [2.24, 2.45) is 0 Å². The van der Waals surface area contributed by atoms with Crippen molar-refractivity contribution < 1.29 is 76.8 Å². The lowest BCUT2D eigenvalue weighted by molar-refractivity contribution is 0.0697. The van der Waals surface area contributed by atoms with E-state index in [1.165, 1.54) is 0 Å². The van der Waals surface area contributed by atoms with Gasteiger partial charge in [-0.05, 0) is 17.7 Å². The van der Waals surface area contributed by atoms with Gasteiger partial charge in [-0.2, -0.15) is 0 Å². The predicted octanol–water partition coefficient (Wildman–Crippen LogP) is 10.1. The van der Waals surface area contributed by atoms with Crippen molar-refractivity contribution in [3.63, 3.8) is 0 Å². The Balaban J connectivity index is 1.90. The number of hydrogen-bond donors (Lipinski definition) is 1.